The number of benzene rings is 1. The highest BCUT2D eigenvalue weighted by Crippen LogP contribution is 2.17. The molecule has 3 rings (SSSR count). The molecule has 2 N–H and O–H groups in total. The molecular weight excluding hydrogens is 362 g/mol. The van der Waals surface area contributed by atoms with Gasteiger partial charge < -0.3 is 20.3 Å². The standard InChI is InChI=1S/C23H33N5O/c1-24-23(27-15-8-7-14-26-22-11-5-6-13-25-22)28-16-12-21(17-28)19-29-18-20-9-3-2-4-10-20/h2-6,9-11,13,21H,7-8,12,14-19H2,1H3,(H,24,27)(H,25,26). The van der Waals surface area contributed by atoms with E-state index in [0.717, 1.165) is 63.8 Å². The van der Waals surface area contributed by atoms with Crippen LogP contribution in [0.5, 0.6) is 0 Å². The van der Waals surface area contributed by atoms with Gasteiger partial charge in [0, 0.05) is 45.3 Å². The fourth-order valence-corrected chi connectivity index (χ4v) is 3.55. The topological polar surface area (TPSA) is 61.8 Å². The maximum absolute atomic E-state index is 5.93. The zero-order valence-corrected chi connectivity index (χ0v) is 17.4. The lowest BCUT2D eigenvalue weighted by Crippen LogP contribution is -2.40. The minimum absolute atomic E-state index is 0.569. The van der Waals surface area contributed by atoms with Crippen LogP contribution in [-0.2, 0) is 11.3 Å². The Labute approximate surface area is 174 Å². The van der Waals surface area contributed by atoms with Crippen molar-refractivity contribution in [3.63, 3.8) is 0 Å². The first-order valence-electron chi connectivity index (χ1n) is 10.6. The van der Waals surface area contributed by atoms with E-state index in [2.05, 4.69) is 49.8 Å². The van der Waals surface area contributed by atoms with E-state index in [1.807, 2.05) is 37.5 Å². The molecule has 6 nitrogen and oxygen atoms in total. The lowest BCUT2D eigenvalue weighted by molar-refractivity contribution is 0.0907. The smallest absolute Gasteiger partial charge is 0.193 e. The van der Waals surface area contributed by atoms with Crippen molar-refractivity contribution in [1.29, 1.82) is 0 Å². The third kappa shape index (κ3) is 7.38. The number of hydrogen-bond donors (Lipinski definition) is 2. The second-order valence-electron chi connectivity index (χ2n) is 7.42. The highest BCUT2D eigenvalue weighted by Gasteiger charge is 2.24. The third-order valence-electron chi connectivity index (χ3n) is 5.12. The molecule has 2 heterocycles. The summed E-state index contributed by atoms with van der Waals surface area (Å²) >= 11 is 0. The van der Waals surface area contributed by atoms with Gasteiger partial charge in [-0.15, -0.1) is 0 Å². The van der Waals surface area contributed by atoms with Gasteiger partial charge in [0.15, 0.2) is 5.96 Å². The fraction of sp³-hybridized carbons (Fsp3) is 0.478. The van der Waals surface area contributed by atoms with E-state index in [1.54, 1.807) is 0 Å². The second-order valence-corrected chi connectivity index (χ2v) is 7.42. The summed E-state index contributed by atoms with van der Waals surface area (Å²) in [6.45, 7) is 5.42. The Morgan fingerprint density at radius 2 is 1.97 bits per heavy atom. The van der Waals surface area contributed by atoms with Crippen molar-refractivity contribution >= 4 is 11.8 Å². The average Bonchev–Trinajstić information content (AvgIpc) is 3.23. The number of ether oxygens (including phenoxy) is 1. The van der Waals surface area contributed by atoms with Crippen molar-refractivity contribution in [2.75, 3.05) is 45.2 Å². The fourth-order valence-electron chi connectivity index (χ4n) is 3.55. The lowest BCUT2D eigenvalue weighted by Gasteiger charge is -2.21. The molecule has 0 spiro atoms. The number of anilines is 1. The zero-order valence-electron chi connectivity index (χ0n) is 17.4. The van der Waals surface area contributed by atoms with E-state index >= 15 is 0 Å². The van der Waals surface area contributed by atoms with E-state index in [0.29, 0.717) is 12.5 Å². The van der Waals surface area contributed by atoms with Crippen LogP contribution in [0.25, 0.3) is 0 Å². The molecule has 1 aliphatic heterocycles. The van der Waals surface area contributed by atoms with E-state index in [1.165, 1.54) is 5.56 Å². The Balaban J connectivity index is 1.27. The maximum atomic E-state index is 5.93. The van der Waals surface area contributed by atoms with Crippen molar-refractivity contribution in [1.82, 2.24) is 15.2 Å². The molecule has 0 radical (unpaired) electrons. The molecule has 1 fully saturated rings. The molecule has 6 heteroatoms. The number of nitrogens with one attached hydrogen (secondary N) is 2. The maximum Gasteiger partial charge on any atom is 0.193 e. The number of nitrogens with zero attached hydrogens (tertiary/aromatic N) is 3. The summed E-state index contributed by atoms with van der Waals surface area (Å²) in [5.74, 6) is 2.52. The Bertz CT molecular complexity index is 723. The SMILES string of the molecule is CN=C(NCCCCNc1ccccn1)N1CCC(COCc2ccccc2)C1. The van der Waals surface area contributed by atoms with Crippen LogP contribution < -0.4 is 10.6 Å². The molecule has 29 heavy (non-hydrogen) atoms. The molecule has 1 aliphatic rings. The van der Waals surface area contributed by atoms with Gasteiger partial charge in [-0.25, -0.2) is 4.98 Å². The quantitative estimate of drug-likeness (QED) is 0.367. The molecule has 156 valence electrons. The molecule has 1 unspecified atom stereocenters. The van der Waals surface area contributed by atoms with E-state index in [4.69, 9.17) is 4.74 Å². The van der Waals surface area contributed by atoms with E-state index in [-0.39, 0.29) is 0 Å². The van der Waals surface area contributed by atoms with Crippen molar-refractivity contribution in [2.24, 2.45) is 10.9 Å². The van der Waals surface area contributed by atoms with Gasteiger partial charge in [0.05, 0.1) is 13.2 Å². The van der Waals surface area contributed by atoms with Crippen LogP contribution in [-0.4, -0.2) is 55.7 Å². The molecule has 0 amide bonds. The Kier molecular flexibility index (Phi) is 8.79. The summed E-state index contributed by atoms with van der Waals surface area (Å²) in [6.07, 6.45) is 5.15. The second kappa shape index (κ2) is 12.1. The minimum Gasteiger partial charge on any atom is -0.376 e. The van der Waals surface area contributed by atoms with Crippen molar-refractivity contribution in [3.05, 3.63) is 60.3 Å². The average molecular weight is 396 g/mol. The molecule has 1 atom stereocenters. The summed E-state index contributed by atoms with van der Waals surface area (Å²) in [4.78, 5) is 11.1. The van der Waals surface area contributed by atoms with Crippen LogP contribution in [0.1, 0.15) is 24.8 Å². The van der Waals surface area contributed by atoms with Gasteiger partial charge in [0.25, 0.3) is 0 Å². The molecule has 0 bridgehead atoms. The van der Waals surface area contributed by atoms with Gasteiger partial charge in [0.2, 0.25) is 0 Å². The number of aromatic nitrogens is 1. The summed E-state index contributed by atoms with van der Waals surface area (Å²) in [7, 11) is 1.87. The molecule has 0 saturated carbocycles. The van der Waals surface area contributed by atoms with Gasteiger partial charge in [-0.3, -0.25) is 4.99 Å². The number of likely N-dealkylation sites (tertiary alicyclic amines) is 1. The third-order valence-corrected chi connectivity index (χ3v) is 5.12. The minimum atomic E-state index is 0.569. The molecule has 1 aromatic heterocycles. The highest BCUT2D eigenvalue weighted by atomic mass is 16.5. The van der Waals surface area contributed by atoms with E-state index in [9.17, 15) is 0 Å². The number of guanidine groups is 1. The van der Waals surface area contributed by atoms with Crippen LogP contribution >= 0.6 is 0 Å². The normalized spacial score (nSPS) is 16.8. The van der Waals surface area contributed by atoms with Crippen LogP contribution in [0, 0.1) is 5.92 Å². The summed E-state index contributed by atoms with van der Waals surface area (Å²) in [5.41, 5.74) is 1.23. The Hall–Kier alpha value is -2.60. The molecule has 0 aliphatic carbocycles. The Morgan fingerprint density at radius 3 is 2.76 bits per heavy atom. The molecule has 1 aromatic carbocycles. The van der Waals surface area contributed by atoms with Crippen molar-refractivity contribution < 1.29 is 4.74 Å². The first-order chi connectivity index (χ1) is 14.3. The van der Waals surface area contributed by atoms with Crippen LogP contribution in [0.4, 0.5) is 5.82 Å². The van der Waals surface area contributed by atoms with Crippen molar-refractivity contribution in [3.8, 4) is 0 Å². The number of hydrogen-bond acceptors (Lipinski definition) is 4. The number of rotatable bonds is 10. The van der Waals surface area contributed by atoms with Gasteiger partial charge in [-0.1, -0.05) is 36.4 Å². The zero-order chi connectivity index (χ0) is 20.2. The van der Waals surface area contributed by atoms with Gasteiger partial charge >= 0.3 is 0 Å². The largest absolute Gasteiger partial charge is 0.376 e. The van der Waals surface area contributed by atoms with Crippen molar-refractivity contribution in [2.45, 2.75) is 25.9 Å². The van der Waals surface area contributed by atoms with E-state index < -0.39 is 0 Å². The van der Waals surface area contributed by atoms with Crippen LogP contribution in [0.3, 0.4) is 0 Å². The summed E-state index contributed by atoms with van der Waals surface area (Å²) < 4.78 is 5.93. The number of aliphatic imine (C=N–C) groups is 1. The molecular formula is C23H33N5O. The van der Waals surface area contributed by atoms with Crippen LogP contribution in [0.15, 0.2) is 59.7 Å². The number of unbranched alkanes of at least 4 members (excludes halogenated alkanes) is 1. The first-order valence-corrected chi connectivity index (χ1v) is 10.6. The number of pyridine rings is 1. The van der Waals surface area contributed by atoms with Gasteiger partial charge in [-0.05, 0) is 37.0 Å². The Morgan fingerprint density at radius 1 is 1.14 bits per heavy atom. The predicted octanol–water partition coefficient (Wildman–Crippen LogP) is 3.39. The predicted molar refractivity (Wildman–Crippen MR) is 119 cm³/mol. The van der Waals surface area contributed by atoms with Gasteiger partial charge in [0.1, 0.15) is 5.82 Å². The highest BCUT2D eigenvalue weighted by molar-refractivity contribution is 5.80. The monoisotopic (exact) mass is 395 g/mol. The molecule has 1 saturated heterocycles. The van der Waals surface area contributed by atoms with Gasteiger partial charge in [-0.2, -0.15) is 0 Å². The molecule has 2 aromatic rings. The first kappa shape index (κ1) is 21.1. The summed E-state index contributed by atoms with van der Waals surface area (Å²) in [5, 5.41) is 6.85. The lowest BCUT2D eigenvalue weighted by atomic mass is 10.1. The van der Waals surface area contributed by atoms with Crippen LogP contribution in [0.2, 0.25) is 0 Å². The summed E-state index contributed by atoms with van der Waals surface area (Å²) in [6, 6.07) is 16.3.